The second-order valence-electron chi connectivity index (χ2n) is 11.7. The van der Waals surface area contributed by atoms with Crippen molar-refractivity contribution in [3.05, 3.63) is 18.3 Å². The maximum Gasteiger partial charge on any atom is 0.495 e. The van der Waals surface area contributed by atoms with Crippen LogP contribution in [0, 0.1) is 5.41 Å². The molecule has 1 amide bonds. The first-order valence-corrected chi connectivity index (χ1v) is 11.8. The van der Waals surface area contributed by atoms with Crippen LogP contribution in [0.4, 0.5) is 10.6 Å². The number of ether oxygens (including phenoxy) is 1. The number of hydrogen-bond acceptors (Lipinski definition) is 6. The Labute approximate surface area is 192 Å². The second-order valence-corrected chi connectivity index (χ2v) is 11.7. The van der Waals surface area contributed by atoms with E-state index in [-0.39, 0.29) is 29.8 Å². The van der Waals surface area contributed by atoms with Crippen molar-refractivity contribution in [2.75, 3.05) is 31.1 Å². The van der Waals surface area contributed by atoms with Crippen LogP contribution in [0.25, 0.3) is 0 Å². The van der Waals surface area contributed by atoms with Crippen LogP contribution in [0.3, 0.4) is 0 Å². The number of rotatable bonds is 2. The Kier molecular flexibility index (Phi) is 5.77. The van der Waals surface area contributed by atoms with Gasteiger partial charge in [0.1, 0.15) is 11.4 Å². The highest BCUT2D eigenvalue weighted by atomic mass is 16.7. The summed E-state index contributed by atoms with van der Waals surface area (Å²) in [5, 5.41) is 0. The monoisotopic (exact) mass is 443 g/mol. The lowest BCUT2D eigenvalue weighted by atomic mass is 9.77. The zero-order chi connectivity index (χ0) is 23.4. The number of aromatic nitrogens is 1. The number of nitrogens with zero attached hydrogens (tertiary/aromatic N) is 3. The number of carbonyl (C=O) groups excluding carboxylic acids is 1. The van der Waals surface area contributed by atoms with E-state index in [1.54, 1.807) is 0 Å². The average Bonchev–Trinajstić information content (AvgIpc) is 3.19. The molecule has 3 aliphatic heterocycles. The zero-order valence-corrected chi connectivity index (χ0v) is 20.7. The van der Waals surface area contributed by atoms with Crippen LogP contribution in [0.1, 0.15) is 67.7 Å². The topological polar surface area (TPSA) is 64.1 Å². The third-order valence-electron chi connectivity index (χ3n) is 7.53. The molecule has 0 saturated carbocycles. The van der Waals surface area contributed by atoms with Gasteiger partial charge in [0.25, 0.3) is 0 Å². The predicted molar refractivity (Wildman–Crippen MR) is 126 cm³/mol. The molecule has 0 radical (unpaired) electrons. The van der Waals surface area contributed by atoms with Crippen LogP contribution in [-0.2, 0) is 14.0 Å². The fourth-order valence-electron chi connectivity index (χ4n) is 4.77. The van der Waals surface area contributed by atoms with E-state index in [2.05, 4.69) is 43.6 Å². The minimum absolute atomic E-state index is 0.186. The molecule has 0 N–H and O–H groups in total. The van der Waals surface area contributed by atoms with Gasteiger partial charge in [0.2, 0.25) is 0 Å². The number of likely N-dealkylation sites (tertiary alicyclic amines) is 1. The molecular formula is C24H38BN3O4. The SMILES string of the molecule is CC(C)(C)OC(=O)N1CCC2(CCN(c3cc(B4OC(C)(C)C(C)(C)O4)ccn3)CC2)C1. The molecule has 8 heteroatoms. The second kappa shape index (κ2) is 7.91. The van der Waals surface area contributed by atoms with E-state index in [4.69, 9.17) is 14.0 Å². The number of hydrogen-bond donors (Lipinski definition) is 0. The van der Waals surface area contributed by atoms with Gasteiger partial charge in [-0.1, -0.05) is 0 Å². The third kappa shape index (κ3) is 4.62. The van der Waals surface area contributed by atoms with E-state index >= 15 is 0 Å². The van der Waals surface area contributed by atoms with Gasteiger partial charge in [-0.3, -0.25) is 0 Å². The molecule has 176 valence electrons. The summed E-state index contributed by atoms with van der Waals surface area (Å²) in [7, 11) is -0.380. The molecule has 3 fully saturated rings. The van der Waals surface area contributed by atoms with Crippen molar-refractivity contribution in [1.29, 1.82) is 0 Å². The molecule has 3 saturated heterocycles. The van der Waals surface area contributed by atoms with Crippen molar-refractivity contribution in [2.24, 2.45) is 5.41 Å². The smallest absolute Gasteiger partial charge is 0.444 e. The van der Waals surface area contributed by atoms with Gasteiger partial charge in [0.15, 0.2) is 0 Å². The summed E-state index contributed by atoms with van der Waals surface area (Å²) in [6.07, 6.45) is 4.80. The van der Waals surface area contributed by atoms with Crippen molar-refractivity contribution in [3.8, 4) is 0 Å². The van der Waals surface area contributed by atoms with Gasteiger partial charge < -0.3 is 23.8 Å². The zero-order valence-electron chi connectivity index (χ0n) is 20.7. The van der Waals surface area contributed by atoms with E-state index in [1.165, 1.54) is 0 Å². The van der Waals surface area contributed by atoms with E-state index in [1.807, 2.05) is 37.9 Å². The predicted octanol–water partition coefficient (Wildman–Crippen LogP) is 3.61. The van der Waals surface area contributed by atoms with Gasteiger partial charge in [-0.25, -0.2) is 9.78 Å². The molecule has 0 aromatic carbocycles. The third-order valence-corrected chi connectivity index (χ3v) is 7.53. The van der Waals surface area contributed by atoms with E-state index in [0.29, 0.717) is 0 Å². The lowest BCUT2D eigenvalue weighted by Gasteiger charge is -2.40. The number of carbonyl (C=O) groups is 1. The molecule has 0 unspecified atom stereocenters. The summed E-state index contributed by atoms with van der Waals surface area (Å²) in [5.41, 5.74) is 0.0223. The van der Waals surface area contributed by atoms with Gasteiger partial charge in [0.05, 0.1) is 11.2 Å². The van der Waals surface area contributed by atoms with Gasteiger partial charge in [0, 0.05) is 32.4 Å². The van der Waals surface area contributed by atoms with Crippen molar-refractivity contribution < 1.29 is 18.8 Å². The highest BCUT2D eigenvalue weighted by Gasteiger charge is 2.52. The molecule has 32 heavy (non-hydrogen) atoms. The Bertz CT molecular complexity index is 843. The lowest BCUT2D eigenvalue weighted by Crippen LogP contribution is -2.44. The largest absolute Gasteiger partial charge is 0.495 e. The summed E-state index contributed by atoms with van der Waals surface area (Å²) in [6.45, 7) is 17.5. The van der Waals surface area contributed by atoms with Crippen LogP contribution in [-0.4, -0.2) is 66.1 Å². The molecular weight excluding hydrogens is 405 g/mol. The first-order valence-electron chi connectivity index (χ1n) is 11.8. The van der Waals surface area contributed by atoms with Crippen molar-refractivity contribution >= 4 is 24.5 Å². The van der Waals surface area contributed by atoms with E-state index in [9.17, 15) is 4.79 Å². The van der Waals surface area contributed by atoms with Crippen molar-refractivity contribution in [2.45, 2.75) is 84.5 Å². The first kappa shape index (κ1) is 23.4. The van der Waals surface area contributed by atoms with E-state index in [0.717, 1.165) is 56.7 Å². The molecule has 7 nitrogen and oxygen atoms in total. The van der Waals surface area contributed by atoms with E-state index < -0.39 is 5.60 Å². The Morgan fingerprint density at radius 1 is 1.06 bits per heavy atom. The minimum atomic E-state index is -0.454. The number of pyridine rings is 1. The molecule has 1 aromatic heterocycles. The minimum Gasteiger partial charge on any atom is -0.444 e. The molecule has 0 atom stereocenters. The molecule has 1 aromatic rings. The molecule has 1 spiro atoms. The van der Waals surface area contributed by atoms with Crippen molar-refractivity contribution in [1.82, 2.24) is 9.88 Å². The number of piperidine rings is 1. The highest BCUT2D eigenvalue weighted by molar-refractivity contribution is 6.62. The van der Waals surface area contributed by atoms with Crippen molar-refractivity contribution in [3.63, 3.8) is 0 Å². The molecule has 4 heterocycles. The van der Waals surface area contributed by atoms with Gasteiger partial charge in [-0.15, -0.1) is 0 Å². The normalized spacial score (nSPS) is 24.3. The fourth-order valence-corrected chi connectivity index (χ4v) is 4.77. The standard InChI is InChI=1S/C24H38BN3O4/c1-21(2,3)30-20(29)28-15-11-24(17-28)9-13-27(14-10-24)19-16-18(8-12-26-19)25-31-22(4,5)23(6,7)32-25/h8,12,16H,9-11,13-15,17H2,1-7H3. The first-order chi connectivity index (χ1) is 14.8. The summed E-state index contributed by atoms with van der Waals surface area (Å²) in [6, 6.07) is 4.08. The Hall–Kier alpha value is -1.80. The Morgan fingerprint density at radius 3 is 2.25 bits per heavy atom. The lowest BCUT2D eigenvalue weighted by molar-refractivity contribution is 0.00578. The fraction of sp³-hybridized carbons (Fsp3) is 0.750. The summed E-state index contributed by atoms with van der Waals surface area (Å²) in [4.78, 5) is 21.4. The average molecular weight is 443 g/mol. The molecule has 0 aliphatic carbocycles. The number of anilines is 1. The van der Waals surface area contributed by atoms with Crippen LogP contribution >= 0.6 is 0 Å². The molecule has 3 aliphatic rings. The summed E-state index contributed by atoms with van der Waals surface area (Å²) >= 11 is 0. The summed E-state index contributed by atoms with van der Waals surface area (Å²) < 4.78 is 18.0. The maximum absolute atomic E-state index is 12.5. The Balaban J connectivity index is 1.37. The molecule has 4 rings (SSSR count). The molecule has 0 bridgehead atoms. The summed E-state index contributed by atoms with van der Waals surface area (Å²) in [5.74, 6) is 0.967. The van der Waals surface area contributed by atoms with Gasteiger partial charge >= 0.3 is 13.2 Å². The highest BCUT2D eigenvalue weighted by Crippen LogP contribution is 2.41. The van der Waals surface area contributed by atoms with Gasteiger partial charge in [-0.2, -0.15) is 0 Å². The quantitative estimate of drug-likeness (QED) is 0.651. The maximum atomic E-state index is 12.5. The number of amides is 1. The Morgan fingerprint density at radius 2 is 1.66 bits per heavy atom. The van der Waals surface area contributed by atoms with Crippen LogP contribution in [0.2, 0.25) is 0 Å². The van der Waals surface area contributed by atoms with Gasteiger partial charge in [-0.05, 0) is 90.7 Å². The van der Waals surface area contributed by atoms with Crippen LogP contribution in [0.5, 0.6) is 0 Å². The van der Waals surface area contributed by atoms with Crippen LogP contribution in [0.15, 0.2) is 18.3 Å². The van der Waals surface area contributed by atoms with Crippen LogP contribution < -0.4 is 10.4 Å².